The molecule has 1 aromatic carbocycles. The summed E-state index contributed by atoms with van der Waals surface area (Å²) in [6, 6.07) is 11.0. The van der Waals surface area contributed by atoms with Crippen molar-refractivity contribution in [3.05, 3.63) is 53.3 Å². The third-order valence-corrected chi connectivity index (χ3v) is 6.33. The number of H-pyrrole nitrogens is 1. The molecule has 27 heavy (non-hydrogen) atoms. The van der Waals surface area contributed by atoms with Gasteiger partial charge in [-0.15, -0.1) is 0 Å². The van der Waals surface area contributed by atoms with Crippen LogP contribution in [0.1, 0.15) is 34.5 Å². The van der Waals surface area contributed by atoms with Crippen LogP contribution in [0, 0.1) is 13.8 Å². The summed E-state index contributed by atoms with van der Waals surface area (Å²) < 4.78 is 0. The number of carbonyl (C=O) groups is 1. The Hall–Kier alpha value is -2.27. The van der Waals surface area contributed by atoms with Gasteiger partial charge >= 0.3 is 0 Å². The molecule has 0 saturated carbocycles. The zero-order chi connectivity index (χ0) is 18.8. The summed E-state index contributed by atoms with van der Waals surface area (Å²) in [7, 11) is 0. The monoisotopic (exact) mass is 366 g/mol. The maximum Gasteiger partial charge on any atom is 0.270 e. The van der Waals surface area contributed by atoms with Gasteiger partial charge in [-0.1, -0.05) is 12.1 Å². The number of nitrogens with one attached hydrogen (secondary N) is 1. The van der Waals surface area contributed by atoms with E-state index in [0.29, 0.717) is 11.7 Å². The van der Waals surface area contributed by atoms with E-state index in [4.69, 9.17) is 0 Å². The van der Waals surface area contributed by atoms with Gasteiger partial charge in [-0.3, -0.25) is 9.69 Å². The summed E-state index contributed by atoms with van der Waals surface area (Å²) in [5.74, 6) is 0.129. The molecule has 0 unspecified atom stereocenters. The molecule has 0 bridgehead atoms. The first-order valence-corrected chi connectivity index (χ1v) is 10.1. The number of benzene rings is 1. The summed E-state index contributed by atoms with van der Waals surface area (Å²) in [6.07, 6.45) is 4.23. The van der Waals surface area contributed by atoms with E-state index in [0.717, 1.165) is 39.3 Å². The van der Waals surface area contributed by atoms with Crippen LogP contribution in [0.3, 0.4) is 0 Å². The third kappa shape index (κ3) is 3.74. The molecule has 0 spiro atoms. The zero-order valence-electron chi connectivity index (χ0n) is 16.4. The van der Waals surface area contributed by atoms with E-state index in [1.54, 1.807) is 0 Å². The summed E-state index contributed by atoms with van der Waals surface area (Å²) in [6.45, 7) is 10.3. The lowest BCUT2D eigenvalue weighted by Gasteiger charge is -2.43. The Kier molecular flexibility index (Phi) is 5.21. The van der Waals surface area contributed by atoms with E-state index in [-0.39, 0.29) is 5.91 Å². The molecule has 144 valence electrons. The number of hydrogen-bond donors (Lipinski definition) is 1. The average Bonchev–Trinajstić information content (AvgIpc) is 3.25. The van der Waals surface area contributed by atoms with Gasteiger partial charge in [0.2, 0.25) is 0 Å². The molecule has 2 aliphatic rings. The quantitative estimate of drug-likeness (QED) is 0.908. The molecule has 5 nitrogen and oxygen atoms in total. The SMILES string of the molecule is Cc1cccc(N2CCC(N3CCN(C(=O)c4ccc[nH]4)CC3)CC2)c1C. The van der Waals surface area contributed by atoms with E-state index >= 15 is 0 Å². The number of aryl methyl sites for hydroxylation is 1. The van der Waals surface area contributed by atoms with E-state index in [9.17, 15) is 4.79 Å². The van der Waals surface area contributed by atoms with Crippen molar-refractivity contribution in [1.82, 2.24) is 14.8 Å². The summed E-state index contributed by atoms with van der Waals surface area (Å²) in [4.78, 5) is 22.6. The van der Waals surface area contributed by atoms with Crippen LogP contribution in [0.4, 0.5) is 5.69 Å². The van der Waals surface area contributed by atoms with Gasteiger partial charge < -0.3 is 14.8 Å². The minimum Gasteiger partial charge on any atom is -0.371 e. The number of anilines is 1. The van der Waals surface area contributed by atoms with Crippen LogP contribution in [0.5, 0.6) is 0 Å². The van der Waals surface area contributed by atoms with E-state index in [2.05, 4.69) is 46.8 Å². The lowest BCUT2D eigenvalue weighted by atomic mass is 9.99. The third-order valence-electron chi connectivity index (χ3n) is 6.33. The molecule has 2 aliphatic heterocycles. The maximum atomic E-state index is 12.5. The number of carbonyl (C=O) groups excluding carboxylic acids is 1. The maximum absolute atomic E-state index is 12.5. The molecule has 2 aromatic rings. The molecule has 1 aromatic heterocycles. The number of amides is 1. The van der Waals surface area contributed by atoms with Crippen molar-refractivity contribution in [3.8, 4) is 0 Å². The van der Waals surface area contributed by atoms with Gasteiger partial charge in [-0.05, 0) is 56.0 Å². The van der Waals surface area contributed by atoms with Crippen molar-refractivity contribution in [2.24, 2.45) is 0 Å². The predicted molar refractivity (Wildman–Crippen MR) is 109 cm³/mol. The van der Waals surface area contributed by atoms with Crippen molar-refractivity contribution in [2.75, 3.05) is 44.2 Å². The fraction of sp³-hybridized carbons (Fsp3) is 0.500. The topological polar surface area (TPSA) is 42.6 Å². The number of piperazine rings is 1. The molecule has 0 atom stereocenters. The second-order valence-electron chi connectivity index (χ2n) is 7.85. The smallest absolute Gasteiger partial charge is 0.270 e. The Morgan fingerprint density at radius 1 is 0.963 bits per heavy atom. The normalized spacial score (nSPS) is 19.5. The van der Waals surface area contributed by atoms with Crippen LogP contribution >= 0.6 is 0 Å². The number of piperidine rings is 1. The number of hydrogen-bond acceptors (Lipinski definition) is 3. The molecule has 1 N–H and O–H groups in total. The molecule has 2 saturated heterocycles. The van der Waals surface area contributed by atoms with Crippen LogP contribution in [0.2, 0.25) is 0 Å². The fourth-order valence-electron chi connectivity index (χ4n) is 4.47. The van der Waals surface area contributed by atoms with Crippen molar-refractivity contribution in [1.29, 1.82) is 0 Å². The van der Waals surface area contributed by atoms with Crippen molar-refractivity contribution < 1.29 is 4.79 Å². The van der Waals surface area contributed by atoms with Gasteiger partial charge in [0, 0.05) is 57.2 Å². The Morgan fingerprint density at radius 2 is 1.70 bits per heavy atom. The van der Waals surface area contributed by atoms with Crippen LogP contribution in [-0.4, -0.2) is 66.0 Å². The first-order chi connectivity index (χ1) is 13.1. The molecule has 0 aliphatic carbocycles. The predicted octanol–water partition coefficient (Wildman–Crippen LogP) is 3.06. The molecule has 3 heterocycles. The minimum atomic E-state index is 0.129. The lowest BCUT2D eigenvalue weighted by Crippen LogP contribution is -2.54. The molecule has 1 amide bonds. The highest BCUT2D eigenvalue weighted by molar-refractivity contribution is 5.92. The first-order valence-electron chi connectivity index (χ1n) is 10.1. The number of aromatic nitrogens is 1. The van der Waals surface area contributed by atoms with Crippen molar-refractivity contribution in [3.63, 3.8) is 0 Å². The van der Waals surface area contributed by atoms with E-state index < -0.39 is 0 Å². The molecule has 5 heteroatoms. The van der Waals surface area contributed by atoms with Gasteiger partial charge in [0.1, 0.15) is 5.69 Å². The van der Waals surface area contributed by atoms with E-state index in [1.165, 1.54) is 29.7 Å². The highest BCUT2D eigenvalue weighted by Crippen LogP contribution is 2.27. The lowest BCUT2D eigenvalue weighted by molar-refractivity contribution is 0.0536. The number of rotatable bonds is 3. The Balaban J connectivity index is 1.30. The zero-order valence-corrected chi connectivity index (χ0v) is 16.4. The Bertz CT molecular complexity index is 770. The Labute approximate surface area is 162 Å². The number of aromatic amines is 1. The van der Waals surface area contributed by atoms with Gasteiger partial charge in [-0.25, -0.2) is 0 Å². The van der Waals surface area contributed by atoms with Crippen LogP contribution in [0.25, 0.3) is 0 Å². The average molecular weight is 367 g/mol. The standard InChI is InChI=1S/C22H30N4O/c1-17-5-3-7-21(18(17)2)25-11-8-19(9-12-25)24-13-15-26(16-14-24)22(27)20-6-4-10-23-20/h3-7,10,19,23H,8-9,11-16H2,1-2H3. The van der Waals surface area contributed by atoms with Crippen LogP contribution < -0.4 is 4.90 Å². The van der Waals surface area contributed by atoms with E-state index in [1.807, 2.05) is 23.2 Å². The summed E-state index contributed by atoms with van der Waals surface area (Å²) in [5, 5.41) is 0. The van der Waals surface area contributed by atoms with Gasteiger partial charge in [0.15, 0.2) is 0 Å². The van der Waals surface area contributed by atoms with Gasteiger partial charge in [-0.2, -0.15) is 0 Å². The second kappa shape index (κ2) is 7.77. The fourth-order valence-corrected chi connectivity index (χ4v) is 4.47. The molecular weight excluding hydrogens is 336 g/mol. The molecule has 0 radical (unpaired) electrons. The summed E-state index contributed by atoms with van der Waals surface area (Å²) in [5.41, 5.74) is 4.88. The second-order valence-corrected chi connectivity index (χ2v) is 7.85. The minimum absolute atomic E-state index is 0.129. The highest BCUT2D eigenvalue weighted by atomic mass is 16.2. The van der Waals surface area contributed by atoms with Crippen molar-refractivity contribution in [2.45, 2.75) is 32.7 Å². The molecule has 4 rings (SSSR count). The van der Waals surface area contributed by atoms with Crippen LogP contribution in [-0.2, 0) is 0 Å². The molecule has 2 fully saturated rings. The largest absolute Gasteiger partial charge is 0.371 e. The number of nitrogens with zero attached hydrogens (tertiary/aromatic N) is 3. The Morgan fingerprint density at radius 3 is 2.37 bits per heavy atom. The first kappa shape index (κ1) is 18.1. The highest BCUT2D eigenvalue weighted by Gasteiger charge is 2.29. The van der Waals surface area contributed by atoms with Gasteiger partial charge in [0.05, 0.1) is 0 Å². The molecular formula is C22H30N4O. The van der Waals surface area contributed by atoms with Crippen molar-refractivity contribution >= 4 is 11.6 Å². The van der Waals surface area contributed by atoms with Gasteiger partial charge in [0.25, 0.3) is 5.91 Å². The van der Waals surface area contributed by atoms with Crippen LogP contribution in [0.15, 0.2) is 36.5 Å². The summed E-state index contributed by atoms with van der Waals surface area (Å²) >= 11 is 0.